The Morgan fingerprint density at radius 1 is 1.03 bits per heavy atom. The van der Waals surface area contributed by atoms with E-state index in [0.717, 1.165) is 37.7 Å². The Kier molecular flexibility index (Phi) is 11.8. The number of thiocarbonyl (C=S) groups is 1. The summed E-state index contributed by atoms with van der Waals surface area (Å²) in [6.45, 7) is 1.15. The number of thioether (sulfide) groups is 1. The maximum Gasteiger partial charge on any atom is 0.303 e. The molecule has 1 aromatic rings. The summed E-state index contributed by atoms with van der Waals surface area (Å²) < 4.78 is 0.579. The lowest BCUT2D eigenvalue weighted by atomic mass is 10.1. The van der Waals surface area contributed by atoms with Crippen molar-refractivity contribution in [2.75, 3.05) is 13.1 Å². The predicted molar refractivity (Wildman–Crippen MR) is 133 cm³/mol. The van der Waals surface area contributed by atoms with E-state index in [9.17, 15) is 14.4 Å². The third kappa shape index (κ3) is 9.78. The summed E-state index contributed by atoms with van der Waals surface area (Å²) in [7, 11) is 0. The van der Waals surface area contributed by atoms with Gasteiger partial charge in [0.1, 0.15) is 4.32 Å². The number of carbonyl (C=O) groups is 3. The minimum absolute atomic E-state index is 0.0157. The highest BCUT2D eigenvalue weighted by atomic mass is 32.2. The minimum Gasteiger partial charge on any atom is -0.481 e. The van der Waals surface area contributed by atoms with Gasteiger partial charge in [-0.2, -0.15) is 0 Å². The maximum absolute atomic E-state index is 12.6. The van der Waals surface area contributed by atoms with Crippen LogP contribution < -0.4 is 5.32 Å². The van der Waals surface area contributed by atoms with Gasteiger partial charge in [-0.15, -0.1) is 0 Å². The molecule has 0 aliphatic carbocycles. The molecule has 1 fully saturated rings. The standard InChI is InChI=1S/C24H30N2O4S2/c27-21(25-17-8-2-7-16-22(28)29)15-6-3-9-18-26-23(30)20(32-24(26)31)14-10-13-19-11-4-1-5-12-19/h1,4-5,10-14H,2-3,6-9,15-18H2,(H,25,27)(H,28,29)/b13-10+,20-14-. The van der Waals surface area contributed by atoms with Gasteiger partial charge in [-0.05, 0) is 37.3 Å². The maximum atomic E-state index is 12.6. The molecule has 0 saturated carbocycles. The third-order valence-electron chi connectivity index (χ3n) is 4.88. The molecule has 32 heavy (non-hydrogen) atoms. The van der Waals surface area contributed by atoms with Gasteiger partial charge in [-0.1, -0.05) is 79.3 Å². The van der Waals surface area contributed by atoms with Crippen LogP contribution in [-0.2, 0) is 14.4 Å². The average molecular weight is 475 g/mol. The minimum atomic E-state index is -0.781. The van der Waals surface area contributed by atoms with Crippen LogP contribution in [0.5, 0.6) is 0 Å². The van der Waals surface area contributed by atoms with Crippen molar-refractivity contribution in [3.8, 4) is 0 Å². The van der Waals surface area contributed by atoms with Crippen LogP contribution in [0, 0.1) is 0 Å². The SMILES string of the molecule is O=C(O)CCCCCNC(=O)CCCCCN1C(=O)/C(=C/C=C/c2ccccc2)SC1=S. The Hall–Kier alpha value is -2.45. The first kappa shape index (κ1) is 25.8. The van der Waals surface area contributed by atoms with Gasteiger partial charge in [-0.3, -0.25) is 19.3 Å². The highest BCUT2D eigenvalue weighted by Gasteiger charge is 2.30. The van der Waals surface area contributed by atoms with E-state index >= 15 is 0 Å². The van der Waals surface area contributed by atoms with Crippen molar-refractivity contribution in [2.45, 2.75) is 51.4 Å². The lowest BCUT2D eigenvalue weighted by molar-refractivity contribution is -0.137. The van der Waals surface area contributed by atoms with Gasteiger partial charge in [0, 0.05) is 25.9 Å². The van der Waals surface area contributed by atoms with Crippen molar-refractivity contribution in [3.05, 3.63) is 53.0 Å². The van der Waals surface area contributed by atoms with Crippen LogP contribution in [0.1, 0.15) is 56.9 Å². The number of carboxylic acids is 1. The van der Waals surface area contributed by atoms with E-state index in [4.69, 9.17) is 17.3 Å². The largest absolute Gasteiger partial charge is 0.481 e. The highest BCUT2D eigenvalue weighted by Crippen LogP contribution is 2.31. The number of benzene rings is 1. The summed E-state index contributed by atoms with van der Waals surface area (Å²) in [6, 6.07) is 9.89. The predicted octanol–water partition coefficient (Wildman–Crippen LogP) is 4.77. The number of nitrogens with zero attached hydrogens (tertiary/aromatic N) is 1. The van der Waals surface area contributed by atoms with Crippen LogP contribution in [0.3, 0.4) is 0 Å². The molecule has 1 aromatic carbocycles. The second-order valence-electron chi connectivity index (χ2n) is 7.49. The molecule has 2 amide bonds. The smallest absolute Gasteiger partial charge is 0.303 e. The molecule has 0 spiro atoms. The molecule has 6 nitrogen and oxygen atoms in total. The number of rotatable bonds is 14. The number of unbranched alkanes of at least 4 members (excludes halogenated alkanes) is 4. The Labute approximate surface area is 199 Å². The fourth-order valence-corrected chi connectivity index (χ4v) is 4.40. The number of carboxylic acid groups (broad SMARTS) is 1. The molecule has 0 bridgehead atoms. The van der Waals surface area contributed by atoms with Crippen molar-refractivity contribution in [1.82, 2.24) is 10.2 Å². The normalized spacial score (nSPS) is 15.1. The topological polar surface area (TPSA) is 86.7 Å². The van der Waals surface area contributed by atoms with Crippen LogP contribution in [-0.4, -0.2) is 45.2 Å². The fourth-order valence-electron chi connectivity index (χ4n) is 3.14. The molecule has 2 rings (SSSR count). The fraction of sp³-hybridized carbons (Fsp3) is 0.417. The molecule has 1 aliphatic heterocycles. The molecule has 1 aliphatic rings. The van der Waals surface area contributed by atoms with Gasteiger partial charge in [-0.25, -0.2) is 0 Å². The molecule has 172 valence electrons. The molecular weight excluding hydrogens is 444 g/mol. The summed E-state index contributed by atoms with van der Waals surface area (Å²) in [5, 5.41) is 11.4. The summed E-state index contributed by atoms with van der Waals surface area (Å²) in [4.78, 5) is 37.1. The average Bonchev–Trinajstić information content (AvgIpc) is 3.04. The number of hydrogen-bond acceptors (Lipinski definition) is 5. The first-order valence-electron chi connectivity index (χ1n) is 10.9. The highest BCUT2D eigenvalue weighted by molar-refractivity contribution is 8.26. The van der Waals surface area contributed by atoms with Gasteiger partial charge in [0.2, 0.25) is 5.91 Å². The number of allylic oxidation sites excluding steroid dienone is 2. The molecular formula is C24H30N2O4S2. The second kappa shape index (κ2) is 14.6. The van der Waals surface area contributed by atoms with E-state index in [-0.39, 0.29) is 18.2 Å². The van der Waals surface area contributed by atoms with Crippen LogP contribution in [0.25, 0.3) is 6.08 Å². The van der Waals surface area contributed by atoms with Gasteiger partial charge < -0.3 is 10.4 Å². The van der Waals surface area contributed by atoms with E-state index in [1.165, 1.54) is 11.8 Å². The molecule has 0 unspecified atom stereocenters. The molecule has 2 N–H and O–H groups in total. The first-order valence-corrected chi connectivity index (χ1v) is 12.2. The first-order chi connectivity index (χ1) is 15.5. The van der Waals surface area contributed by atoms with Crippen molar-refractivity contribution < 1.29 is 19.5 Å². The third-order valence-corrected chi connectivity index (χ3v) is 6.28. The van der Waals surface area contributed by atoms with E-state index in [0.29, 0.717) is 35.2 Å². The number of aliphatic carboxylic acids is 1. The van der Waals surface area contributed by atoms with Crippen LogP contribution in [0.15, 0.2) is 47.4 Å². The van der Waals surface area contributed by atoms with Crippen molar-refractivity contribution in [1.29, 1.82) is 0 Å². The zero-order valence-corrected chi connectivity index (χ0v) is 19.8. The van der Waals surface area contributed by atoms with Crippen LogP contribution >= 0.6 is 24.0 Å². The van der Waals surface area contributed by atoms with E-state index in [1.54, 1.807) is 11.0 Å². The van der Waals surface area contributed by atoms with E-state index in [1.807, 2.05) is 42.5 Å². The summed E-state index contributed by atoms with van der Waals surface area (Å²) >= 11 is 6.68. The number of amides is 2. The summed E-state index contributed by atoms with van der Waals surface area (Å²) in [6.07, 6.45) is 10.9. The van der Waals surface area contributed by atoms with Crippen molar-refractivity contribution >= 4 is 52.2 Å². The zero-order valence-electron chi connectivity index (χ0n) is 18.1. The summed E-state index contributed by atoms with van der Waals surface area (Å²) in [5.74, 6) is -0.823. The van der Waals surface area contributed by atoms with Gasteiger partial charge in [0.25, 0.3) is 5.91 Å². The molecule has 0 atom stereocenters. The summed E-state index contributed by atoms with van der Waals surface area (Å²) in [5.41, 5.74) is 1.07. The van der Waals surface area contributed by atoms with E-state index in [2.05, 4.69) is 5.32 Å². The van der Waals surface area contributed by atoms with E-state index < -0.39 is 5.97 Å². The molecule has 0 radical (unpaired) electrons. The van der Waals surface area contributed by atoms with Gasteiger partial charge in [0.15, 0.2) is 0 Å². The lowest BCUT2D eigenvalue weighted by Gasteiger charge is -2.14. The van der Waals surface area contributed by atoms with Gasteiger partial charge in [0.05, 0.1) is 4.91 Å². The molecule has 1 heterocycles. The quantitative estimate of drug-likeness (QED) is 0.230. The number of hydrogen-bond donors (Lipinski definition) is 2. The van der Waals surface area contributed by atoms with Gasteiger partial charge >= 0.3 is 5.97 Å². The Bertz CT molecular complexity index is 853. The number of carbonyl (C=O) groups excluding carboxylic acids is 2. The van der Waals surface area contributed by atoms with Crippen LogP contribution in [0.4, 0.5) is 0 Å². The zero-order chi connectivity index (χ0) is 23.2. The van der Waals surface area contributed by atoms with Crippen molar-refractivity contribution in [2.24, 2.45) is 0 Å². The molecule has 0 aromatic heterocycles. The van der Waals surface area contributed by atoms with Crippen molar-refractivity contribution in [3.63, 3.8) is 0 Å². The van der Waals surface area contributed by atoms with Crippen LogP contribution in [0.2, 0.25) is 0 Å². The Morgan fingerprint density at radius 3 is 2.50 bits per heavy atom. The molecule has 1 saturated heterocycles. The Balaban J connectivity index is 1.59. The molecule has 8 heteroatoms. The lowest BCUT2D eigenvalue weighted by Crippen LogP contribution is -2.29. The number of nitrogens with one attached hydrogen (secondary N) is 1. The Morgan fingerprint density at radius 2 is 1.75 bits per heavy atom. The monoisotopic (exact) mass is 474 g/mol. The second-order valence-corrected chi connectivity index (χ2v) is 9.17.